The van der Waals surface area contributed by atoms with Gasteiger partial charge in [-0.2, -0.15) is 0 Å². The van der Waals surface area contributed by atoms with Crippen LogP contribution in [0.4, 0.5) is 0 Å². The summed E-state index contributed by atoms with van der Waals surface area (Å²) >= 11 is 1.56. The Kier molecular flexibility index (Phi) is 5.19. The van der Waals surface area contributed by atoms with Crippen LogP contribution >= 0.6 is 11.3 Å². The van der Waals surface area contributed by atoms with Crippen molar-refractivity contribution < 1.29 is 4.74 Å². The highest BCUT2D eigenvalue weighted by Gasteiger charge is 2.20. The molecule has 96 valence electrons. The third-order valence-electron chi connectivity index (χ3n) is 2.79. The van der Waals surface area contributed by atoms with Crippen LogP contribution in [0.25, 0.3) is 0 Å². The van der Waals surface area contributed by atoms with Gasteiger partial charge in [-0.1, -0.05) is 37.5 Å². The van der Waals surface area contributed by atoms with E-state index in [2.05, 4.69) is 22.4 Å². The molecule has 0 bridgehead atoms. The van der Waals surface area contributed by atoms with Crippen LogP contribution in [0, 0.1) is 0 Å². The van der Waals surface area contributed by atoms with E-state index in [0.717, 1.165) is 30.6 Å². The lowest BCUT2D eigenvalue weighted by atomic mass is 10.2. The molecule has 0 atom stereocenters. The molecule has 5 heteroatoms. The van der Waals surface area contributed by atoms with Crippen molar-refractivity contribution in [3.05, 3.63) is 5.01 Å². The zero-order chi connectivity index (χ0) is 11.9. The quantitative estimate of drug-likeness (QED) is 0.689. The largest absolute Gasteiger partial charge is 0.469 e. The molecular formula is C12H21N3OS. The third kappa shape index (κ3) is 5.00. The summed E-state index contributed by atoms with van der Waals surface area (Å²) in [6.07, 6.45) is 7.51. The maximum atomic E-state index is 5.57. The summed E-state index contributed by atoms with van der Waals surface area (Å²) in [5.41, 5.74) is 0. The van der Waals surface area contributed by atoms with Gasteiger partial charge in [-0.15, -0.1) is 10.2 Å². The van der Waals surface area contributed by atoms with Crippen LogP contribution in [0.3, 0.4) is 0 Å². The second kappa shape index (κ2) is 6.91. The van der Waals surface area contributed by atoms with E-state index >= 15 is 0 Å². The van der Waals surface area contributed by atoms with Gasteiger partial charge in [-0.25, -0.2) is 0 Å². The first-order valence-corrected chi connectivity index (χ1v) is 7.38. The standard InChI is InChI=1S/C12H21N3OS/c1-2-3-4-5-8-16-12-15-14-11(17-12)9-13-10-6-7-10/h10,13H,2-9H2,1H3. The molecule has 1 saturated carbocycles. The molecule has 1 aliphatic carbocycles. The molecule has 1 fully saturated rings. The van der Waals surface area contributed by atoms with E-state index in [9.17, 15) is 0 Å². The third-order valence-corrected chi connectivity index (χ3v) is 3.63. The highest BCUT2D eigenvalue weighted by atomic mass is 32.1. The second-order valence-corrected chi connectivity index (χ2v) is 5.55. The van der Waals surface area contributed by atoms with Gasteiger partial charge in [-0.3, -0.25) is 0 Å². The minimum absolute atomic E-state index is 0.717. The van der Waals surface area contributed by atoms with Crippen LogP contribution < -0.4 is 10.1 Å². The van der Waals surface area contributed by atoms with Crippen molar-refractivity contribution in [3.8, 4) is 5.19 Å². The van der Waals surface area contributed by atoms with Crippen molar-refractivity contribution in [2.24, 2.45) is 0 Å². The molecule has 1 heterocycles. The number of nitrogens with zero attached hydrogens (tertiary/aromatic N) is 2. The molecule has 2 rings (SSSR count). The molecule has 0 amide bonds. The first-order chi connectivity index (χ1) is 8.38. The van der Waals surface area contributed by atoms with Crippen molar-refractivity contribution in [1.29, 1.82) is 0 Å². The van der Waals surface area contributed by atoms with E-state index in [1.807, 2.05) is 0 Å². The number of aromatic nitrogens is 2. The molecule has 1 N–H and O–H groups in total. The number of ether oxygens (including phenoxy) is 1. The molecule has 4 nitrogen and oxygen atoms in total. The maximum absolute atomic E-state index is 5.57. The van der Waals surface area contributed by atoms with Crippen molar-refractivity contribution in [3.63, 3.8) is 0 Å². The Morgan fingerprint density at radius 1 is 1.29 bits per heavy atom. The Hall–Kier alpha value is -0.680. The fraction of sp³-hybridized carbons (Fsp3) is 0.833. The minimum atomic E-state index is 0.717. The molecule has 0 unspecified atom stereocenters. The highest BCUT2D eigenvalue weighted by Crippen LogP contribution is 2.22. The lowest BCUT2D eigenvalue weighted by Gasteiger charge is -2.00. The molecule has 1 aliphatic rings. The molecule has 0 radical (unpaired) electrons. The van der Waals surface area contributed by atoms with Gasteiger partial charge in [0.15, 0.2) is 0 Å². The van der Waals surface area contributed by atoms with Crippen molar-refractivity contribution in [2.75, 3.05) is 6.61 Å². The molecule has 0 spiro atoms. The van der Waals surface area contributed by atoms with Crippen LogP contribution in [0.15, 0.2) is 0 Å². The summed E-state index contributed by atoms with van der Waals surface area (Å²) in [6, 6.07) is 0.720. The number of unbranched alkanes of at least 4 members (excludes halogenated alkanes) is 3. The van der Waals surface area contributed by atoms with Crippen LogP contribution in [-0.2, 0) is 6.54 Å². The predicted molar refractivity (Wildman–Crippen MR) is 69.4 cm³/mol. The number of hydrogen-bond acceptors (Lipinski definition) is 5. The Balaban J connectivity index is 1.59. The van der Waals surface area contributed by atoms with Gasteiger partial charge in [0.05, 0.1) is 13.2 Å². The molecule has 1 aromatic heterocycles. The average Bonchev–Trinajstić information content (AvgIpc) is 3.06. The van der Waals surface area contributed by atoms with Crippen molar-refractivity contribution in [2.45, 2.75) is 58.0 Å². The fourth-order valence-electron chi connectivity index (χ4n) is 1.58. The molecule has 0 saturated heterocycles. The zero-order valence-corrected chi connectivity index (χ0v) is 11.3. The van der Waals surface area contributed by atoms with Crippen molar-refractivity contribution >= 4 is 11.3 Å². The smallest absolute Gasteiger partial charge is 0.294 e. The number of hydrogen-bond donors (Lipinski definition) is 1. The first kappa shape index (κ1) is 12.8. The minimum Gasteiger partial charge on any atom is -0.469 e. The van der Waals surface area contributed by atoms with E-state index in [1.165, 1.54) is 32.1 Å². The van der Waals surface area contributed by atoms with Gasteiger partial charge in [0.2, 0.25) is 0 Å². The summed E-state index contributed by atoms with van der Waals surface area (Å²) in [6.45, 7) is 3.82. The molecule has 0 aliphatic heterocycles. The normalized spacial score (nSPS) is 15.1. The molecule has 0 aromatic carbocycles. The van der Waals surface area contributed by atoms with Crippen LogP contribution in [-0.4, -0.2) is 22.8 Å². The zero-order valence-electron chi connectivity index (χ0n) is 10.4. The molecule has 17 heavy (non-hydrogen) atoms. The maximum Gasteiger partial charge on any atom is 0.294 e. The fourth-order valence-corrected chi connectivity index (χ4v) is 2.24. The molecule has 1 aromatic rings. The van der Waals surface area contributed by atoms with Gasteiger partial charge in [0.1, 0.15) is 5.01 Å². The van der Waals surface area contributed by atoms with Crippen LogP contribution in [0.1, 0.15) is 50.5 Å². The number of rotatable bonds is 9. The summed E-state index contributed by atoms with van der Waals surface area (Å²) in [4.78, 5) is 0. The Morgan fingerprint density at radius 3 is 2.94 bits per heavy atom. The van der Waals surface area contributed by atoms with Gasteiger partial charge in [0.25, 0.3) is 5.19 Å². The van der Waals surface area contributed by atoms with Crippen LogP contribution in [0.5, 0.6) is 5.19 Å². The number of nitrogens with one attached hydrogen (secondary N) is 1. The Labute approximate surface area is 107 Å². The van der Waals surface area contributed by atoms with E-state index in [-0.39, 0.29) is 0 Å². The van der Waals surface area contributed by atoms with Crippen LogP contribution in [0.2, 0.25) is 0 Å². The Morgan fingerprint density at radius 2 is 2.18 bits per heavy atom. The summed E-state index contributed by atoms with van der Waals surface area (Å²) in [7, 11) is 0. The lowest BCUT2D eigenvalue weighted by molar-refractivity contribution is 0.301. The molecular weight excluding hydrogens is 234 g/mol. The highest BCUT2D eigenvalue weighted by molar-refractivity contribution is 7.13. The Bertz CT molecular complexity index is 325. The second-order valence-electron chi connectivity index (χ2n) is 4.53. The van der Waals surface area contributed by atoms with Gasteiger partial charge < -0.3 is 10.1 Å². The van der Waals surface area contributed by atoms with Crippen molar-refractivity contribution in [1.82, 2.24) is 15.5 Å². The van der Waals surface area contributed by atoms with E-state index in [4.69, 9.17) is 4.74 Å². The van der Waals surface area contributed by atoms with Gasteiger partial charge in [0, 0.05) is 6.04 Å². The summed E-state index contributed by atoms with van der Waals surface area (Å²) in [5, 5.41) is 13.3. The van der Waals surface area contributed by atoms with E-state index in [1.54, 1.807) is 11.3 Å². The monoisotopic (exact) mass is 255 g/mol. The summed E-state index contributed by atoms with van der Waals surface area (Å²) < 4.78 is 5.57. The topological polar surface area (TPSA) is 47.0 Å². The van der Waals surface area contributed by atoms with E-state index in [0.29, 0.717) is 5.19 Å². The average molecular weight is 255 g/mol. The SMILES string of the molecule is CCCCCCOc1nnc(CNC2CC2)s1. The lowest BCUT2D eigenvalue weighted by Crippen LogP contribution is -2.14. The van der Waals surface area contributed by atoms with Gasteiger partial charge in [-0.05, 0) is 19.3 Å². The van der Waals surface area contributed by atoms with E-state index < -0.39 is 0 Å². The van der Waals surface area contributed by atoms with Gasteiger partial charge >= 0.3 is 0 Å². The predicted octanol–water partition coefficient (Wildman–Crippen LogP) is 2.75. The summed E-state index contributed by atoms with van der Waals surface area (Å²) in [5.74, 6) is 0. The first-order valence-electron chi connectivity index (χ1n) is 6.57.